The Hall–Kier alpha value is -19.4. The predicted molar refractivity (Wildman–Crippen MR) is 575 cm³/mol. The molecular formula is C125H68N14. The normalized spacial score (nSPS) is 12.3. The summed E-state index contributed by atoms with van der Waals surface area (Å²) in [7, 11) is 0. The number of benzene rings is 20. The van der Waals surface area contributed by atoms with Crippen LogP contribution in [0.15, 0.2) is 413 Å². The van der Waals surface area contributed by atoms with Gasteiger partial charge in [-0.25, -0.2) is 19.8 Å². The third-order valence-corrected chi connectivity index (χ3v) is 29.6. The maximum atomic E-state index is 7.93. The molecule has 0 radical (unpaired) electrons. The lowest BCUT2D eigenvalue weighted by Crippen LogP contribution is -2.03. The van der Waals surface area contributed by atoms with E-state index in [-0.39, 0.29) is 0 Å². The summed E-state index contributed by atoms with van der Waals surface area (Å²) in [5, 5.41) is 33.6. The molecule has 139 heavy (non-hydrogen) atoms. The average molecular weight is 1770 g/mol. The number of para-hydroxylation sites is 9. The molecule has 13 aromatic heterocycles. The van der Waals surface area contributed by atoms with Gasteiger partial charge in [0.1, 0.15) is 5.65 Å². The SMILES string of the molecule is [C-]#[N+]c1ccc(-c2nc(-n3c4cc5ccccc5cc4c4c5c6ccccc6n6c7ccccc7c(cc43)c56)nc3ccccc23)cc1.[C-]#[N+]c1nc(-n2c3cc4ccccc4cc3c3c4c5ccccc5n5c6ccccc6c(cc32)c45)nc2ccccc12.c1ccc2cc3c(cc2c1)c1c2c4ccccc4n4c5ccccc5c(cc1n3-c1ccc(-n3c5ccccc5c5cccnc53)cc1)c24. The molecule has 0 atom stereocenters. The second-order valence-corrected chi connectivity index (χ2v) is 36.7. The van der Waals surface area contributed by atoms with Crippen molar-refractivity contribution >= 4 is 267 Å². The van der Waals surface area contributed by atoms with E-state index in [1.54, 1.807) is 0 Å². The van der Waals surface area contributed by atoms with E-state index in [1.165, 1.54) is 185 Å². The second-order valence-electron chi connectivity index (χ2n) is 36.7. The molecule has 33 aromatic rings. The minimum atomic E-state index is 0.360. The van der Waals surface area contributed by atoms with Gasteiger partial charge in [-0.1, -0.05) is 272 Å². The van der Waals surface area contributed by atoms with Gasteiger partial charge >= 0.3 is 5.95 Å². The minimum absolute atomic E-state index is 0.360. The van der Waals surface area contributed by atoms with Gasteiger partial charge in [0.05, 0.1) is 112 Å². The molecule has 0 aliphatic rings. The number of rotatable bonds is 5. The van der Waals surface area contributed by atoms with Crippen molar-refractivity contribution in [3.63, 3.8) is 0 Å². The second kappa shape index (κ2) is 28.1. The average Bonchev–Trinajstić information content (AvgIpc) is 1.52. The van der Waals surface area contributed by atoms with Crippen LogP contribution >= 0.6 is 0 Å². The van der Waals surface area contributed by atoms with Gasteiger partial charge in [0.25, 0.3) is 5.82 Å². The monoisotopic (exact) mass is 1760 g/mol. The summed E-state index contributed by atoms with van der Waals surface area (Å²) in [5.41, 5.74) is 26.1. The van der Waals surface area contributed by atoms with Crippen LogP contribution in [0.2, 0.25) is 0 Å². The number of fused-ring (bicyclic) bond motifs is 38. The summed E-state index contributed by atoms with van der Waals surface area (Å²) < 4.78 is 16.5. The van der Waals surface area contributed by atoms with Crippen molar-refractivity contribution in [3.05, 3.63) is 435 Å². The molecule has 0 saturated carbocycles. The molecule has 14 heteroatoms. The lowest BCUT2D eigenvalue weighted by atomic mass is 10.0. The van der Waals surface area contributed by atoms with Crippen LogP contribution in [-0.4, -0.2) is 56.4 Å². The summed E-state index contributed by atoms with van der Waals surface area (Å²) in [6.07, 6.45) is 1.88. The Morgan fingerprint density at radius 1 is 0.209 bits per heavy atom. The van der Waals surface area contributed by atoms with Crippen molar-refractivity contribution in [2.24, 2.45) is 0 Å². The molecule has 0 fully saturated rings. The fourth-order valence-corrected chi connectivity index (χ4v) is 23.9. The molecule has 0 aliphatic heterocycles. The maximum Gasteiger partial charge on any atom is 0.332 e. The summed E-state index contributed by atoms with van der Waals surface area (Å²) in [5.74, 6) is 1.49. The Morgan fingerprint density at radius 3 is 0.971 bits per heavy atom. The van der Waals surface area contributed by atoms with Crippen molar-refractivity contribution in [1.29, 1.82) is 0 Å². The largest absolute Gasteiger partial charge is 0.360 e. The first-order chi connectivity index (χ1) is 68.9. The van der Waals surface area contributed by atoms with Crippen LogP contribution < -0.4 is 0 Å². The van der Waals surface area contributed by atoms with Gasteiger partial charge in [0.15, 0.2) is 5.69 Å². The molecule has 0 spiro atoms. The first kappa shape index (κ1) is 75.2. The quantitative estimate of drug-likeness (QED) is 0.160. The van der Waals surface area contributed by atoms with E-state index < -0.39 is 0 Å². The Balaban J connectivity index is 0.0000000966. The lowest BCUT2D eigenvalue weighted by Gasteiger charge is -2.12. The molecule has 0 unspecified atom stereocenters. The summed E-state index contributed by atoms with van der Waals surface area (Å²) in [6.45, 7) is 15.4. The summed E-state index contributed by atoms with van der Waals surface area (Å²) in [4.78, 5) is 32.8. The van der Waals surface area contributed by atoms with Crippen LogP contribution in [0.1, 0.15) is 0 Å². The molecule has 0 bridgehead atoms. The maximum absolute atomic E-state index is 7.93. The minimum Gasteiger partial charge on any atom is -0.360 e. The van der Waals surface area contributed by atoms with Crippen LogP contribution in [0.25, 0.3) is 300 Å². The summed E-state index contributed by atoms with van der Waals surface area (Å²) in [6, 6.07) is 145. The van der Waals surface area contributed by atoms with Crippen molar-refractivity contribution in [2.75, 3.05) is 0 Å². The standard InChI is InChI=1S/C45H26N4.C43H23N5.C37H19N5/c1-2-11-28-25-40-36(24-27(28)10-1)42-41(26-35-32-13-4-7-17-38(32)49-39-18-8-5-14-34(39)43(42)44(35)49)47(40)29-19-21-30(22-20-29)48-37-16-6-3-12-31(37)33-15-9-23-46-45(33)48;1-44-28-20-18-25(19-21-28)41-30-13-4-7-15-34(30)45-43(46-41)48-37-23-27-11-3-2-10-26(27)22-33(37)39-38(48)24-32-29-12-5-8-16-35(29)47-36-17-9-6-14-31(36)40(39)42(32)47;1-38-36-24-13-4-7-15-28(24)39-37(40-36)42-31-19-22-11-3-2-10-21(22)18-27(31)33-32(42)20-26-23-12-5-8-16-29(23)41-30-17-9-6-14-25(30)34(33)35(26)41/h1-26H;2-24H;2-20H. The Labute approximate surface area is 788 Å². The van der Waals surface area contributed by atoms with Gasteiger partial charge in [-0.3, -0.25) is 13.7 Å². The third kappa shape index (κ3) is 10.3. The van der Waals surface area contributed by atoms with E-state index in [9.17, 15) is 0 Å². The van der Waals surface area contributed by atoms with Gasteiger partial charge in [-0.2, -0.15) is 4.98 Å². The van der Waals surface area contributed by atoms with Crippen molar-refractivity contribution < 1.29 is 0 Å². The van der Waals surface area contributed by atoms with Crippen LogP contribution in [0, 0.1) is 13.1 Å². The van der Waals surface area contributed by atoms with Crippen LogP contribution in [-0.2, 0) is 0 Å². The topological polar surface area (TPSA) is 106 Å². The molecule has 33 rings (SSSR count). The van der Waals surface area contributed by atoms with E-state index in [4.69, 9.17) is 38.1 Å². The van der Waals surface area contributed by atoms with E-state index in [2.05, 4.69) is 381 Å². The van der Waals surface area contributed by atoms with Gasteiger partial charge in [0, 0.05) is 136 Å². The molecule has 13 heterocycles. The fraction of sp³-hybridized carbons (Fsp3) is 0. The third-order valence-electron chi connectivity index (χ3n) is 29.6. The van der Waals surface area contributed by atoms with Gasteiger partial charge in [0.2, 0.25) is 5.95 Å². The highest BCUT2D eigenvalue weighted by Gasteiger charge is 2.32. The molecule has 638 valence electrons. The van der Waals surface area contributed by atoms with E-state index in [0.717, 1.165) is 93.8 Å². The van der Waals surface area contributed by atoms with Gasteiger partial charge in [-0.15, -0.1) is 0 Å². The van der Waals surface area contributed by atoms with Crippen molar-refractivity contribution in [3.8, 4) is 34.5 Å². The van der Waals surface area contributed by atoms with Crippen LogP contribution in [0.5, 0.6) is 0 Å². The predicted octanol–water partition coefficient (Wildman–Crippen LogP) is 32.4. The zero-order chi connectivity index (χ0) is 90.8. The number of hydrogen-bond acceptors (Lipinski definition) is 5. The molecule has 0 aliphatic carbocycles. The smallest absolute Gasteiger partial charge is 0.332 e. The Morgan fingerprint density at radius 2 is 0.540 bits per heavy atom. The molecular weight excluding hydrogens is 1700 g/mol. The first-order valence-electron chi connectivity index (χ1n) is 46.8. The van der Waals surface area contributed by atoms with Crippen molar-refractivity contribution in [1.82, 2.24) is 56.4 Å². The van der Waals surface area contributed by atoms with Crippen molar-refractivity contribution in [2.45, 2.75) is 0 Å². The van der Waals surface area contributed by atoms with Gasteiger partial charge < -0.3 is 22.6 Å². The van der Waals surface area contributed by atoms with Crippen LogP contribution in [0.3, 0.4) is 0 Å². The Kier molecular flexibility index (Phi) is 15.2. The molecule has 20 aromatic carbocycles. The highest BCUT2D eigenvalue weighted by molar-refractivity contribution is 6.40. The molecule has 14 nitrogen and oxygen atoms in total. The molecule has 0 amide bonds. The van der Waals surface area contributed by atoms with Crippen LogP contribution in [0.4, 0.5) is 11.5 Å². The fourth-order valence-electron chi connectivity index (χ4n) is 23.9. The van der Waals surface area contributed by atoms with E-state index >= 15 is 0 Å². The molecule has 0 N–H and O–H groups in total. The van der Waals surface area contributed by atoms with E-state index in [0.29, 0.717) is 23.4 Å². The Bertz CT molecular complexity index is 11300. The lowest BCUT2D eigenvalue weighted by molar-refractivity contribution is 1.01. The molecule has 0 saturated heterocycles. The number of nitrogens with zero attached hydrogens (tertiary/aromatic N) is 14. The number of aromatic nitrogens is 12. The van der Waals surface area contributed by atoms with E-state index in [1.807, 2.05) is 72.9 Å². The zero-order valence-corrected chi connectivity index (χ0v) is 74.0. The first-order valence-corrected chi connectivity index (χ1v) is 46.8. The number of pyridine rings is 1. The van der Waals surface area contributed by atoms with Gasteiger partial charge in [-0.05, 0) is 183 Å². The zero-order valence-electron chi connectivity index (χ0n) is 74.0. The summed E-state index contributed by atoms with van der Waals surface area (Å²) >= 11 is 0. The number of hydrogen-bond donors (Lipinski definition) is 0. The highest BCUT2D eigenvalue weighted by atomic mass is 15.2. The highest BCUT2D eigenvalue weighted by Crippen LogP contribution is 2.53.